The Kier molecular flexibility index (Phi) is 5.43. The van der Waals surface area contributed by atoms with Gasteiger partial charge in [0, 0.05) is 18.5 Å². The average molecular weight is 375 g/mol. The van der Waals surface area contributed by atoms with Gasteiger partial charge in [-0.15, -0.1) is 10.2 Å². The molecule has 0 aliphatic rings. The van der Waals surface area contributed by atoms with Gasteiger partial charge in [0.2, 0.25) is 21.8 Å². The molecule has 0 amide bonds. The largest absolute Gasteiger partial charge is 0.421 e. The number of sulfonamides is 1. The topological polar surface area (TPSA) is 85.1 Å². The van der Waals surface area contributed by atoms with E-state index in [0.29, 0.717) is 17.3 Å². The van der Waals surface area contributed by atoms with Gasteiger partial charge in [-0.25, -0.2) is 17.5 Å². The van der Waals surface area contributed by atoms with Gasteiger partial charge in [-0.05, 0) is 36.2 Å². The third kappa shape index (κ3) is 4.74. The van der Waals surface area contributed by atoms with E-state index in [2.05, 4.69) is 14.9 Å². The summed E-state index contributed by atoms with van der Waals surface area (Å²) in [5.74, 6) is 0.144. The summed E-state index contributed by atoms with van der Waals surface area (Å²) in [5.41, 5.74) is 2.38. The summed E-state index contributed by atoms with van der Waals surface area (Å²) < 4.78 is 45.1. The van der Waals surface area contributed by atoms with Crippen LogP contribution in [0.25, 0.3) is 11.5 Å². The van der Waals surface area contributed by atoms with Crippen LogP contribution in [0.1, 0.15) is 17.0 Å². The molecule has 136 valence electrons. The molecule has 0 saturated heterocycles. The molecule has 0 aliphatic carbocycles. The highest BCUT2D eigenvalue weighted by atomic mass is 32.2. The fourth-order valence-electron chi connectivity index (χ4n) is 2.44. The standard InChI is InChI=1S/C18H18FN3O3S/c1-13-4-2-3-5-16(13)18-22-21-17(25-18)10-11-20-26(23,24)12-14-6-8-15(19)9-7-14/h2-9,20H,10-12H2,1H3. The Bertz CT molecular complexity index is 985. The van der Waals surface area contributed by atoms with Crippen LogP contribution in [0.2, 0.25) is 0 Å². The smallest absolute Gasteiger partial charge is 0.247 e. The van der Waals surface area contributed by atoms with E-state index < -0.39 is 15.8 Å². The van der Waals surface area contributed by atoms with Crippen molar-refractivity contribution in [1.29, 1.82) is 0 Å². The first-order valence-electron chi connectivity index (χ1n) is 8.03. The van der Waals surface area contributed by atoms with Crippen LogP contribution in [0.5, 0.6) is 0 Å². The second-order valence-corrected chi connectivity index (χ2v) is 7.65. The van der Waals surface area contributed by atoms with Gasteiger partial charge in [0.05, 0.1) is 5.75 Å². The maximum Gasteiger partial charge on any atom is 0.247 e. The lowest BCUT2D eigenvalue weighted by atomic mass is 10.1. The minimum absolute atomic E-state index is 0.138. The highest BCUT2D eigenvalue weighted by Crippen LogP contribution is 2.21. The lowest BCUT2D eigenvalue weighted by Crippen LogP contribution is -2.27. The second-order valence-electron chi connectivity index (χ2n) is 5.85. The maximum atomic E-state index is 12.9. The zero-order chi connectivity index (χ0) is 18.6. The summed E-state index contributed by atoms with van der Waals surface area (Å²) in [4.78, 5) is 0. The van der Waals surface area contributed by atoms with Crippen molar-refractivity contribution in [2.24, 2.45) is 0 Å². The summed E-state index contributed by atoms with van der Waals surface area (Å²) in [7, 11) is -3.53. The van der Waals surface area contributed by atoms with Crippen molar-refractivity contribution in [3.8, 4) is 11.5 Å². The number of nitrogens with zero attached hydrogens (tertiary/aromatic N) is 2. The Morgan fingerprint density at radius 2 is 1.81 bits per heavy atom. The van der Waals surface area contributed by atoms with E-state index in [1.165, 1.54) is 24.3 Å². The van der Waals surface area contributed by atoms with Crippen LogP contribution >= 0.6 is 0 Å². The van der Waals surface area contributed by atoms with Gasteiger partial charge in [0.15, 0.2) is 0 Å². The van der Waals surface area contributed by atoms with E-state index in [1.54, 1.807) is 0 Å². The minimum Gasteiger partial charge on any atom is -0.421 e. The summed E-state index contributed by atoms with van der Waals surface area (Å²) >= 11 is 0. The van der Waals surface area contributed by atoms with Crippen LogP contribution in [-0.2, 0) is 22.2 Å². The van der Waals surface area contributed by atoms with Crippen molar-refractivity contribution in [2.45, 2.75) is 19.1 Å². The molecule has 3 rings (SSSR count). The first-order chi connectivity index (χ1) is 12.4. The maximum absolute atomic E-state index is 12.9. The van der Waals surface area contributed by atoms with Crippen molar-refractivity contribution in [1.82, 2.24) is 14.9 Å². The van der Waals surface area contributed by atoms with Gasteiger partial charge in [-0.2, -0.15) is 0 Å². The van der Waals surface area contributed by atoms with Gasteiger partial charge in [0.25, 0.3) is 0 Å². The molecular weight excluding hydrogens is 357 g/mol. The van der Waals surface area contributed by atoms with E-state index in [9.17, 15) is 12.8 Å². The van der Waals surface area contributed by atoms with Crippen molar-refractivity contribution < 1.29 is 17.2 Å². The van der Waals surface area contributed by atoms with Crippen molar-refractivity contribution >= 4 is 10.0 Å². The van der Waals surface area contributed by atoms with Crippen LogP contribution in [0.4, 0.5) is 4.39 Å². The predicted molar refractivity (Wildman–Crippen MR) is 95.2 cm³/mol. The molecule has 0 atom stereocenters. The molecule has 0 aliphatic heterocycles. The van der Waals surface area contributed by atoms with E-state index in [1.807, 2.05) is 31.2 Å². The third-order valence-electron chi connectivity index (χ3n) is 3.77. The molecule has 8 heteroatoms. The molecule has 0 spiro atoms. The van der Waals surface area contributed by atoms with Gasteiger partial charge >= 0.3 is 0 Å². The van der Waals surface area contributed by atoms with Crippen LogP contribution in [0.3, 0.4) is 0 Å². The van der Waals surface area contributed by atoms with Gasteiger partial charge < -0.3 is 4.42 Å². The second kappa shape index (κ2) is 7.76. The monoisotopic (exact) mass is 375 g/mol. The number of nitrogens with one attached hydrogen (secondary N) is 1. The van der Waals surface area contributed by atoms with E-state index in [-0.39, 0.29) is 18.7 Å². The van der Waals surface area contributed by atoms with Crippen LogP contribution in [-0.4, -0.2) is 25.2 Å². The fourth-order valence-corrected chi connectivity index (χ4v) is 3.59. The van der Waals surface area contributed by atoms with E-state index in [4.69, 9.17) is 4.42 Å². The fraction of sp³-hybridized carbons (Fsp3) is 0.222. The van der Waals surface area contributed by atoms with Gasteiger partial charge in [-0.3, -0.25) is 0 Å². The highest BCUT2D eigenvalue weighted by molar-refractivity contribution is 7.88. The number of benzene rings is 2. The Morgan fingerprint density at radius 1 is 1.08 bits per heavy atom. The van der Waals surface area contributed by atoms with Gasteiger partial charge in [0.1, 0.15) is 5.82 Å². The van der Waals surface area contributed by atoms with Crippen molar-refractivity contribution in [2.75, 3.05) is 6.54 Å². The number of aromatic nitrogens is 2. The number of hydrogen-bond donors (Lipinski definition) is 1. The molecule has 0 fully saturated rings. The first-order valence-corrected chi connectivity index (χ1v) is 9.68. The lowest BCUT2D eigenvalue weighted by Gasteiger charge is -2.05. The van der Waals surface area contributed by atoms with Crippen LogP contribution in [0, 0.1) is 12.7 Å². The number of hydrogen-bond acceptors (Lipinski definition) is 5. The molecule has 1 N–H and O–H groups in total. The predicted octanol–water partition coefficient (Wildman–Crippen LogP) is 2.85. The summed E-state index contributed by atoms with van der Waals surface area (Å²) in [6.07, 6.45) is 0.279. The Hall–Kier alpha value is -2.58. The van der Waals surface area contributed by atoms with E-state index in [0.717, 1.165) is 11.1 Å². The molecular formula is C18H18FN3O3S. The Morgan fingerprint density at radius 3 is 2.54 bits per heavy atom. The number of halogens is 1. The Labute approximate surface area is 151 Å². The van der Waals surface area contributed by atoms with Crippen LogP contribution in [0.15, 0.2) is 52.9 Å². The van der Waals surface area contributed by atoms with Crippen molar-refractivity contribution in [3.05, 3.63) is 71.4 Å². The summed E-state index contributed by atoms with van der Waals surface area (Å²) in [6, 6.07) is 13.0. The Balaban J connectivity index is 1.56. The molecule has 0 bridgehead atoms. The van der Waals surface area contributed by atoms with E-state index >= 15 is 0 Å². The number of rotatable bonds is 7. The molecule has 0 radical (unpaired) electrons. The highest BCUT2D eigenvalue weighted by Gasteiger charge is 2.14. The van der Waals surface area contributed by atoms with Gasteiger partial charge in [-0.1, -0.05) is 30.3 Å². The molecule has 26 heavy (non-hydrogen) atoms. The van der Waals surface area contributed by atoms with Crippen molar-refractivity contribution in [3.63, 3.8) is 0 Å². The molecule has 0 unspecified atom stereocenters. The van der Waals surface area contributed by atoms with Crippen LogP contribution < -0.4 is 4.72 Å². The molecule has 2 aromatic carbocycles. The normalized spacial score (nSPS) is 11.6. The lowest BCUT2D eigenvalue weighted by molar-refractivity contribution is 0.501. The number of aryl methyl sites for hydroxylation is 1. The zero-order valence-corrected chi connectivity index (χ0v) is 15.0. The average Bonchev–Trinajstić information content (AvgIpc) is 3.05. The summed E-state index contributed by atoms with van der Waals surface area (Å²) in [5, 5.41) is 7.96. The molecule has 3 aromatic rings. The molecule has 0 saturated carbocycles. The summed E-state index contributed by atoms with van der Waals surface area (Å²) in [6.45, 7) is 2.09. The molecule has 1 aromatic heterocycles. The quantitative estimate of drug-likeness (QED) is 0.686. The molecule has 6 nitrogen and oxygen atoms in total. The first kappa shape index (κ1) is 18.2. The SMILES string of the molecule is Cc1ccccc1-c1nnc(CCNS(=O)(=O)Cc2ccc(F)cc2)o1. The molecule has 1 heterocycles. The zero-order valence-electron chi connectivity index (χ0n) is 14.1. The minimum atomic E-state index is -3.53. The third-order valence-corrected chi connectivity index (χ3v) is 5.13.